The molecular weight excluding hydrogens is 236 g/mol. The normalized spacial score (nSPS) is 20.5. The quantitative estimate of drug-likeness (QED) is 0.351. The monoisotopic (exact) mass is 258 g/mol. The van der Waals surface area contributed by atoms with Gasteiger partial charge in [0, 0.05) is 12.2 Å². The summed E-state index contributed by atoms with van der Waals surface area (Å²) >= 11 is 0. The Hall–Kier alpha value is -1.55. The minimum atomic E-state index is 0.438. The van der Waals surface area contributed by atoms with E-state index >= 15 is 0 Å². The number of rotatable bonds is 1. The molecule has 102 valence electrons. The Labute approximate surface area is 114 Å². The van der Waals surface area contributed by atoms with E-state index in [1.165, 1.54) is 43.4 Å². The van der Waals surface area contributed by atoms with Gasteiger partial charge in [-0.3, -0.25) is 5.43 Å². The van der Waals surface area contributed by atoms with Crippen LogP contribution in [0.15, 0.2) is 29.3 Å². The second-order valence-corrected chi connectivity index (χ2v) is 5.42. The molecule has 1 aliphatic carbocycles. The van der Waals surface area contributed by atoms with E-state index in [0.29, 0.717) is 6.04 Å². The molecule has 1 aliphatic heterocycles. The van der Waals surface area contributed by atoms with Crippen molar-refractivity contribution in [1.82, 2.24) is 5.43 Å². The van der Waals surface area contributed by atoms with Crippen LogP contribution in [0.1, 0.15) is 37.7 Å². The molecule has 4 nitrogen and oxygen atoms in total. The Balaban J connectivity index is 1.81. The molecule has 0 bridgehead atoms. The van der Waals surface area contributed by atoms with Gasteiger partial charge >= 0.3 is 0 Å². The number of hydrazine groups is 1. The summed E-state index contributed by atoms with van der Waals surface area (Å²) in [6, 6.07) is 8.94. The lowest BCUT2D eigenvalue weighted by Gasteiger charge is -2.24. The van der Waals surface area contributed by atoms with Gasteiger partial charge in [-0.2, -0.15) is 0 Å². The smallest absolute Gasteiger partial charge is 0.213 e. The lowest BCUT2D eigenvalue weighted by Crippen LogP contribution is -2.45. The first kappa shape index (κ1) is 12.5. The fourth-order valence-corrected chi connectivity index (χ4v) is 3.13. The molecule has 0 amide bonds. The van der Waals surface area contributed by atoms with E-state index in [4.69, 9.17) is 10.8 Å². The number of fused-ring (bicyclic) bond motifs is 1. The molecule has 1 saturated carbocycles. The average Bonchev–Trinajstić information content (AvgIpc) is 2.90. The van der Waals surface area contributed by atoms with Crippen LogP contribution < -0.4 is 16.2 Å². The Morgan fingerprint density at radius 3 is 2.79 bits per heavy atom. The van der Waals surface area contributed by atoms with Crippen LogP contribution >= 0.6 is 0 Å². The first-order valence-electron chi connectivity index (χ1n) is 7.28. The average molecular weight is 258 g/mol. The highest BCUT2D eigenvalue weighted by molar-refractivity contribution is 5.97. The van der Waals surface area contributed by atoms with Gasteiger partial charge < -0.3 is 4.90 Å². The van der Waals surface area contributed by atoms with Crippen molar-refractivity contribution in [2.75, 3.05) is 11.4 Å². The zero-order valence-electron chi connectivity index (χ0n) is 11.3. The molecule has 0 saturated heterocycles. The van der Waals surface area contributed by atoms with Gasteiger partial charge in [0.25, 0.3) is 0 Å². The SMILES string of the molecule is NNC(=NC1CCCCC1)N1CCc2ccccc21. The second kappa shape index (κ2) is 5.61. The van der Waals surface area contributed by atoms with E-state index in [9.17, 15) is 0 Å². The number of para-hydroxylation sites is 1. The van der Waals surface area contributed by atoms with Crippen LogP contribution in [0.2, 0.25) is 0 Å². The fraction of sp³-hybridized carbons (Fsp3) is 0.533. The summed E-state index contributed by atoms with van der Waals surface area (Å²) in [7, 11) is 0. The molecule has 0 unspecified atom stereocenters. The van der Waals surface area contributed by atoms with Crippen molar-refractivity contribution in [2.45, 2.75) is 44.6 Å². The van der Waals surface area contributed by atoms with E-state index in [0.717, 1.165) is 18.9 Å². The number of nitrogens with one attached hydrogen (secondary N) is 1. The molecule has 0 aromatic heterocycles. The van der Waals surface area contributed by atoms with E-state index in [-0.39, 0.29) is 0 Å². The molecule has 1 heterocycles. The third-order valence-electron chi connectivity index (χ3n) is 4.15. The summed E-state index contributed by atoms with van der Waals surface area (Å²) < 4.78 is 0. The highest BCUT2D eigenvalue weighted by Gasteiger charge is 2.23. The maximum absolute atomic E-state index is 5.70. The van der Waals surface area contributed by atoms with E-state index < -0.39 is 0 Å². The highest BCUT2D eigenvalue weighted by atomic mass is 15.4. The zero-order valence-corrected chi connectivity index (χ0v) is 11.3. The first-order valence-corrected chi connectivity index (χ1v) is 7.28. The summed E-state index contributed by atoms with van der Waals surface area (Å²) in [5.74, 6) is 6.53. The molecule has 1 fully saturated rings. The summed E-state index contributed by atoms with van der Waals surface area (Å²) in [6.07, 6.45) is 7.40. The van der Waals surface area contributed by atoms with E-state index in [2.05, 4.69) is 34.6 Å². The van der Waals surface area contributed by atoms with Crippen molar-refractivity contribution in [3.63, 3.8) is 0 Å². The van der Waals surface area contributed by atoms with Gasteiger partial charge in [0.15, 0.2) is 0 Å². The van der Waals surface area contributed by atoms with Crippen LogP contribution in [-0.4, -0.2) is 18.5 Å². The summed E-state index contributed by atoms with van der Waals surface area (Å²) in [6.45, 7) is 0.967. The molecule has 19 heavy (non-hydrogen) atoms. The third kappa shape index (κ3) is 2.59. The molecule has 0 radical (unpaired) electrons. The summed E-state index contributed by atoms with van der Waals surface area (Å²) in [4.78, 5) is 7.05. The van der Waals surface area contributed by atoms with Crippen LogP contribution in [0.3, 0.4) is 0 Å². The molecular formula is C15H22N4. The molecule has 0 atom stereocenters. The maximum atomic E-state index is 5.70. The number of aliphatic imine (C=N–C) groups is 1. The van der Waals surface area contributed by atoms with Crippen LogP contribution in [0, 0.1) is 0 Å². The van der Waals surface area contributed by atoms with Crippen molar-refractivity contribution in [2.24, 2.45) is 10.8 Å². The predicted molar refractivity (Wildman–Crippen MR) is 79.1 cm³/mol. The number of guanidine groups is 1. The minimum absolute atomic E-state index is 0.438. The Morgan fingerprint density at radius 1 is 1.21 bits per heavy atom. The second-order valence-electron chi connectivity index (χ2n) is 5.42. The molecule has 1 aromatic rings. The molecule has 3 N–H and O–H groups in total. The van der Waals surface area contributed by atoms with Gasteiger partial charge in [0.05, 0.1) is 6.04 Å². The van der Waals surface area contributed by atoms with Gasteiger partial charge in [0.2, 0.25) is 5.96 Å². The largest absolute Gasteiger partial charge is 0.311 e. The van der Waals surface area contributed by atoms with Crippen molar-refractivity contribution in [3.8, 4) is 0 Å². The number of hydrogen-bond donors (Lipinski definition) is 2. The van der Waals surface area contributed by atoms with Gasteiger partial charge in [-0.15, -0.1) is 0 Å². The van der Waals surface area contributed by atoms with Crippen LogP contribution in [0.25, 0.3) is 0 Å². The van der Waals surface area contributed by atoms with Gasteiger partial charge in [-0.05, 0) is 30.9 Å². The van der Waals surface area contributed by atoms with Gasteiger partial charge in [0.1, 0.15) is 0 Å². The molecule has 2 aliphatic rings. The Kier molecular flexibility index (Phi) is 3.69. The van der Waals surface area contributed by atoms with Crippen molar-refractivity contribution in [1.29, 1.82) is 0 Å². The number of nitrogens with two attached hydrogens (primary N) is 1. The summed E-state index contributed by atoms with van der Waals surface area (Å²) in [5, 5.41) is 0. The molecule has 4 heteroatoms. The Morgan fingerprint density at radius 2 is 2.00 bits per heavy atom. The Bertz CT molecular complexity index is 463. The number of anilines is 1. The molecule has 0 spiro atoms. The topological polar surface area (TPSA) is 53.6 Å². The van der Waals surface area contributed by atoms with Crippen molar-refractivity contribution in [3.05, 3.63) is 29.8 Å². The van der Waals surface area contributed by atoms with Gasteiger partial charge in [-0.25, -0.2) is 10.8 Å². The first-order chi connectivity index (χ1) is 9.38. The number of nitrogens with zero attached hydrogens (tertiary/aromatic N) is 2. The number of benzene rings is 1. The predicted octanol–water partition coefficient (Wildman–Crippen LogP) is 2.20. The van der Waals surface area contributed by atoms with E-state index in [1.54, 1.807) is 0 Å². The van der Waals surface area contributed by atoms with Crippen LogP contribution in [0.4, 0.5) is 5.69 Å². The van der Waals surface area contributed by atoms with E-state index in [1.807, 2.05) is 0 Å². The third-order valence-corrected chi connectivity index (χ3v) is 4.15. The lowest BCUT2D eigenvalue weighted by molar-refractivity contribution is 0.442. The van der Waals surface area contributed by atoms with Crippen LogP contribution in [-0.2, 0) is 6.42 Å². The molecule has 1 aromatic carbocycles. The lowest BCUT2D eigenvalue weighted by atomic mass is 9.96. The van der Waals surface area contributed by atoms with Crippen molar-refractivity contribution >= 4 is 11.6 Å². The highest BCUT2D eigenvalue weighted by Crippen LogP contribution is 2.28. The van der Waals surface area contributed by atoms with Gasteiger partial charge in [-0.1, -0.05) is 37.5 Å². The van der Waals surface area contributed by atoms with Crippen LogP contribution in [0.5, 0.6) is 0 Å². The minimum Gasteiger partial charge on any atom is -0.311 e. The van der Waals surface area contributed by atoms with Crippen molar-refractivity contribution < 1.29 is 0 Å². The molecule has 3 rings (SSSR count). The number of hydrogen-bond acceptors (Lipinski definition) is 2. The maximum Gasteiger partial charge on any atom is 0.213 e. The summed E-state index contributed by atoms with van der Waals surface area (Å²) in [5.41, 5.74) is 5.44. The zero-order chi connectivity index (χ0) is 13.1. The fourth-order valence-electron chi connectivity index (χ4n) is 3.13. The standard InChI is InChI=1S/C15H22N4/c16-18-15(17-13-7-2-1-3-8-13)19-11-10-12-6-4-5-9-14(12)19/h4-6,9,13H,1-3,7-8,10-11,16H2,(H,17,18).